The molecule has 1 aromatic carbocycles. The molecule has 3 heterocycles. The molecule has 1 saturated heterocycles. The van der Waals surface area contributed by atoms with Gasteiger partial charge < -0.3 is 4.90 Å². The minimum atomic E-state index is -0.180. The van der Waals surface area contributed by atoms with Gasteiger partial charge in [-0.25, -0.2) is 9.89 Å². The lowest BCUT2D eigenvalue weighted by atomic mass is 9.95. The molecule has 2 N–H and O–H groups in total. The summed E-state index contributed by atoms with van der Waals surface area (Å²) in [5.74, 6) is 0.816. The second-order valence-electron chi connectivity index (χ2n) is 6.58. The molecule has 4 rings (SSSR count). The summed E-state index contributed by atoms with van der Waals surface area (Å²) in [6.07, 6.45) is 1.52. The smallest absolute Gasteiger partial charge is 0.337 e. The van der Waals surface area contributed by atoms with Crippen molar-refractivity contribution in [3.05, 3.63) is 52.3 Å². The van der Waals surface area contributed by atoms with Crippen LogP contribution in [0.5, 0.6) is 0 Å². The highest BCUT2D eigenvalue weighted by Crippen LogP contribution is 2.28. The van der Waals surface area contributed by atoms with Crippen LogP contribution in [-0.2, 0) is 6.54 Å². The van der Waals surface area contributed by atoms with Gasteiger partial charge in [-0.05, 0) is 19.8 Å². The molecule has 1 fully saturated rings. The number of aromatic amines is 2. The number of nitrogens with one attached hydrogen (secondary N) is 2. The minimum absolute atomic E-state index is 0.129. The van der Waals surface area contributed by atoms with E-state index in [2.05, 4.69) is 25.6 Å². The maximum absolute atomic E-state index is 13.0. The van der Waals surface area contributed by atoms with E-state index >= 15 is 0 Å². The van der Waals surface area contributed by atoms with Gasteiger partial charge in [-0.3, -0.25) is 9.36 Å². The molecule has 9 heteroatoms. The van der Waals surface area contributed by atoms with Gasteiger partial charge in [-0.2, -0.15) is 20.5 Å². The molecule has 27 heavy (non-hydrogen) atoms. The molecule has 1 aliphatic rings. The Morgan fingerprint density at radius 1 is 1.15 bits per heavy atom. The second kappa shape index (κ2) is 7.18. The van der Waals surface area contributed by atoms with E-state index in [4.69, 9.17) is 0 Å². The average molecular weight is 367 g/mol. The van der Waals surface area contributed by atoms with Crippen molar-refractivity contribution in [2.75, 3.05) is 13.1 Å². The Morgan fingerprint density at radius 3 is 2.59 bits per heavy atom. The first kappa shape index (κ1) is 17.2. The van der Waals surface area contributed by atoms with Crippen LogP contribution in [-0.4, -0.2) is 54.1 Å². The summed E-state index contributed by atoms with van der Waals surface area (Å²) in [5, 5.41) is 17.5. The van der Waals surface area contributed by atoms with Gasteiger partial charge in [0.25, 0.3) is 5.91 Å². The molecule has 0 atom stereocenters. The third-order valence-electron chi connectivity index (χ3n) is 5.05. The number of benzene rings is 1. The number of aromatic nitrogens is 6. The number of piperidine rings is 1. The summed E-state index contributed by atoms with van der Waals surface area (Å²) in [6, 6.07) is 9.54. The fraction of sp³-hybridized carbons (Fsp3) is 0.389. The molecule has 0 spiro atoms. The van der Waals surface area contributed by atoms with E-state index in [0.717, 1.165) is 24.2 Å². The lowest BCUT2D eigenvalue weighted by Crippen LogP contribution is -2.39. The van der Waals surface area contributed by atoms with Crippen molar-refractivity contribution < 1.29 is 4.79 Å². The van der Waals surface area contributed by atoms with Crippen molar-refractivity contribution in [1.82, 2.24) is 35.1 Å². The fourth-order valence-electron chi connectivity index (χ4n) is 3.61. The van der Waals surface area contributed by atoms with E-state index in [1.165, 1.54) is 0 Å². The molecule has 0 bridgehead atoms. The molecule has 3 aromatic rings. The summed E-state index contributed by atoms with van der Waals surface area (Å²) in [6.45, 7) is 3.70. The summed E-state index contributed by atoms with van der Waals surface area (Å²) in [7, 11) is 0. The van der Waals surface area contributed by atoms with E-state index in [9.17, 15) is 9.59 Å². The molecule has 1 aliphatic heterocycles. The van der Waals surface area contributed by atoms with Crippen LogP contribution in [0, 0.1) is 0 Å². The van der Waals surface area contributed by atoms with Gasteiger partial charge in [0.2, 0.25) is 0 Å². The molecule has 2 aromatic heterocycles. The van der Waals surface area contributed by atoms with Crippen molar-refractivity contribution in [3.8, 4) is 11.3 Å². The Morgan fingerprint density at radius 2 is 1.89 bits per heavy atom. The molecular weight excluding hydrogens is 346 g/mol. The van der Waals surface area contributed by atoms with Gasteiger partial charge in [0.15, 0.2) is 5.69 Å². The number of carbonyl (C=O) groups excluding carboxylic acids is 1. The Bertz CT molecular complexity index is 981. The zero-order valence-corrected chi connectivity index (χ0v) is 15.1. The van der Waals surface area contributed by atoms with Gasteiger partial charge in [-0.15, -0.1) is 0 Å². The number of hydrogen-bond donors (Lipinski definition) is 2. The molecule has 0 saturated carbocycles. The molecule has 9 nitrogen and oxygen atoms in total. The number of likely N-dealkylation sites (tertiary alicyclic amines) is 1. The lowest BCUT2D eigenvalue weighted by Gasteiger charge is -2.31. The molecule has 0 aliphatic carbocycles. The van der Waals surface area contributed by atoms with E-state index in [-0.39, 0.29) is 17.5 Å². The zero-order chi connectivity index (χ0) is 18.8. The van der Waals surface area contributed by atoms with Crippen LogP contribution in [0.1, 0.15) is 42.0 Å². The van der Waals surface area contributed by atoms with Crippen LogP contribution in [0.3, 0.4) is 0 Å². The average Bonchev–Trinajstić information content (AvgIpc) is 3.35. The Balaban J connectivity index is 1.49. The second-order valence-corrected chi connectivity index (χ2v) is 6.58. The first-order chi connectivity index (χ1) is 13.2. The monoisotopic (exact) mass is 367 g/mol. The van der Waals surface area contributed by atoms with Crippen LogP contribution < -0.4 is 5.69 Å². The van der Waals surface area contributed by atoms with Crippen LogP contribution >= 0.6 is 0 Å². The van der Waals surface area contributed by atoms with Gasteiger partial charge in [0.05, 0.1) is 0 Å². The third kappa shape index (κ3) is 3.16. The summed E-state index contributed by atoms with van der Waals surface area (Å²) in [5.41, 5.74) is 1.58. The molecule has 140 valence electrons. The standard InChI is InChI=1S/C18H21N7O2/c1-2-25-16(21-22-18(25)27)13-8-10-24(11-9-13)17(26)15-14(19-23-20-15)12-6-4-3-5-7-12/h3-7,13H,2,8-11H2,1H3,(H,22,27)(H,19,20,23). The number of carbonyl (C=O) groups is 1. The molecule has 0 radical (unpaired) electrons. The number of amides is 1. The van der Waals surface area contributed by atoms with Gasteiger partial charge >= 0.3 is 5.69 Å². The largest absolute Gasteiger partial charge is 0.343 e. The summed E-state index contributed by atoms with van der Waals surface area (Å²) < 4.78 is 1.66. The van der Waals surface area contributed by atoms with Crippen LogP contribution in [0.15, 0.2) is 35.1 Å². The van der Waals surface area contributed by atoms with Gasteiger partial charge in [0, 0.05) is 31.1 Å². The van der Waals surface area contributed by atoms with Crippen LogP contribution in [0.25, 0.3) is 11.3 Å². The molecule has 1 amide bonds. The maximum atomic E-state index is 13.0. The SMILES string of the molecule is CCn1c(C2CCN(C(=O)c3n[nH]nc3-c3ccccc3)CC2)n[nH]c1=O. The van der Waals surface area contributed by atoms with E-state index in [0.29, 0.717) is 31.0 Å². The third-order valence-corrected chi connectivity index (χ3v) is 5.05. The summed E-state index contributed by atoms with van der Waals surface area (Å²) in [4.78, 5) is 26.5. The topological polar surface area (TPSA) is 113 Å². The van der Waals surface area contributed by atoms with Gasteiger partial charge in [0.1, 0.15) is 11.5 Å². The van der Waals surface area contributed by atoms with Crippen LogP contribution in [0.4, 0.5) is 0 Å². The molecule has 0 unspecified atom stereocenters. The highest BCUT2D eigenvalue weighted by molar-refractivity contribution is 5.97. The molecular formula is C18H21N7O2. The first-order valence-electron chi connectivity index (χ1n) is 9.09. The highest BCUT2D eigenvalue weighted by atomic mass is 16.2. The van der Waals surface area contributed by atoms with Gasteiger partial charge in [-0.1, -0.05) is 30.3 Å². The Hall–Kier alpha value is -3.23. The Labute approximate surface area is 155 Å². The zero-order valence-electron chi connectivity index (χ0n) is 15.1. The Kier molecular flexibility index (Phi) is 4.57. The van der Waals surface area contributed by atoms with Crippen molar-refractivity contribution in [1.29, 1.82) is 0 Å². The van der Waals surface area contributed by atoms with Crippen molar-refractivity contribution in [3.63, 3.8) is 0 Å². The van der Waals surface area contributed by atoms with Crippen molar-refractivity contribution in [2.45, 2.75) is 32.2 Å². The van der Waals surface area contributed by atoms with E-state index < -0.39 is 0 Å². The first-order valence-corrected chi connectivity index (χ1v) is 9.09. The van der Waals surface area contributed by atoms with Crippen LogP contribution in [0.2, 0.25) is 0 Å². The highest BCUT2D eigenvalue weighted by Gasteiger charge is 2.30. The number of rotatable bonds is 4. The van der Waals surface area contributed by atoms with E-state index in [1.807, 2.05) is 37.3 Å². The fourth-order valence-corrected chi connectivity index (χ4v) is 3.61. The predicted octanol–water partition coefficient (Wildman–Crippen LogP) is 1.40. The summed E-state index contributed by atoms with van der Waals surface area (Å²) >= 11 is 0. The van der Waals surface area contributed by atoms with E-state index in [1.54, 1.807) is 9.47 Å². The predicted molar refractivity (Wildman–Crippen MR) is 98.2 cm³/mol. The number of nitrogens with zero attached hydrogens (tertiary/aromatic N) is 5. The maximum Gasteiger partial charge on any atom is 0.343 e. The normalized spacial score (nSPS) is 15.2. The quantitative estimate of drug-likeness (QED) is 0.724. The number of H-pyrrole nitrogens is 2. The van der Waals surface area contributed by atoms with Crippen molar-refractivity contribution >= 4 is 5.91 Å². The van der Waals surface area contributed by atoms with Crippen molar-refractivity contribution in [2.24, 2.45) is 0 Å². The number of hydrogen-bond acceptors (Lipinski definition) is 5. The lowest BCUT2D eigenvalue weighted by molar-refractivity contribution is 0.0705. The minimum Gasteiger partial charge on any atom is -0.337 e.